The van der Waals surface area contributed by atoms with Gasteiger partial charge in [-0.05, 0) is 24.3 Å². The lowest BCUT2D eigenvalue weighted by Gasteiger charge is -2.06. The van der Waals surface area contributed by atoms with Crippen LogP contribution < -0.4 is 5.32 Å². The van der Waals surface area contributed by atoms with Crippen molar-refractivity contribution in [3.63, 3.8) is 0 Å². The molecule has 28 heavy (non-hydrogen) atoms. The van der Waals surface area contributed by atoms with Gasteiger partial charge in [0, 0.05) is 42.3 Å². The maximum atomic E-state index is 12.9. The third-order valence-electron chi connectivity index (χ3n) is 4.31. The van der Waals surface area contributed by atoms with Gasteiger partial charge in [-0.25, -0.2) is 9.67 Å². The molecule has 0 spiro atoms. The summed E-state index contributed by atoms with van der Waals surface area (Å²) >= 11 is 6.01. The van der Waals surface area contributed by atoms with Crippen LogP contribution in [0, 0.1) is 0 Å². The zero-order valence-corrected chi connectivity index (χ0v) is 15.8. The number of hydrogen-bond acceptors (Lipinski definition) is 3. The van der Waals surface area contributed by atoms with Gasteiger partial charge in [-0.15, -0.1) is 0 Å². The second-order valence-electron chi connectivity index (χ2n) is 6.23. The number of amides is 1. The first-order chi connectivity index (χ1) is 13.7. The summed E-state index contributed by atoms with van der Waals surface area (Å²) in [7, 11) is 0. The van der Waals surface area contributed by atoms with Gasteiger partial charge in [-0.1, -0.05) is 41.9 Å². The van der Waals surface area contributed by atoms with Gasteiger partial charge in [-0.3, -0.25) is 4.79 Å². The van der Waals surface area contributed by atoms with Gasteiger partial charge in [0.15, 0.2) is 0 Å². The number of carbonyl (C=O) groups excluding carboxylic acids is 1. The molecule has 1 N–H and O–H groups in total. The Hall–Kier alpha value is -3.38. The Morgan fingerprint density at radius 3 is 2.57 bits per heavy atom. The Balaban J connectivity index is 1.62. The number of para-hydroxylation sites is 1. The second kappa shape index (κ2) is 8.10. The van der Waals surface area contributed by atoms with E-state index in [1.54, 1.807) is 35.5 Å². The maximum Gasteiger partial charge on any atom is 0.255 e. The van der Waals surface area contributed by atoms with E-state index in [-0.39, 0.29) is 5.91 Å². The lowest BCUT2D eigenvalue weighted by atomic mass is 10.1. The molecule has 0 atom stereocenters. The molecule has 0 fully saturated rings. The van der Waals surface area contributed by atoms with Crippen LogP contribution in [0.15, 0.2) is 79.5 Å². The Labute approximate surface area is 167 Å². The Bertz CT molecular complexity index is 1060. The Morgan fingerprint density at radius 2 is 1.86 bits per heavy atom. The van der Waals surface area contributed by atoms with Crippen LogP contribution in [-0.2, 0) is 6.54 Å². The molecule has 4 aromatic rings. The van der Waals surface area contributed by atoms with E-state index >= 15 is 0 Å². The molecular weight excluding hydrogens is 374 g/mol. The molecule has 0 unspecified atom stereocenters. The van der Waals surface area contributed by atoms with E-state index < -0.39 is 0 Å². The van der Waals surface area contributed by atoms with Crippen LogP contribution in [0.1, 0.15) is 10.4 Å². The molecule has 0 saturated heterocycles. The number of nitrogens with zero attached hydrogens (tertiary/aromatic N) is 4. The zero-order valence-electron chi connectivity index (χ0n) is 15.0. The average Bonchev–Trinajstić information content (AvgIpc) is 3.39. The quantitative estimate of drug-likeness (QED) is 0.543. The first kappa shape index (κ1) is 18.0. The fraction of sp³-hybridized carbons (Fsp3) is 0.0952. The summed E-state index contributed by atoms with van der Waals surface area (Å²) in [6, 6.07) is 17.0. The van der Waals surface area contributed by atoms with Crippen LogP contribution in [0.2, 0.25) is 5.02 Å². The molecule has 0 radical (unpaired) electrons. The van der Waals surface area contributed by atoms with Gasteiger partial charge in [0.1, 0.15) is 5.69 Å². The molecule has 2 aromatic carbocycles. The molecule has 2 heterocycles. The number of aromatic nitrogens is 4. The van der Waals surface area contributed by atoms with Crippen LogP contribution in [0.25, 0.3) is 16.9 Å². The highest BCUT2D eigenvalue weighted by Crippen LogP contribution is 2.25. The summed E-state index contributed by atoms with van der Waals surface area (Å²) in [5.41, 5.74) is 2.84. The van der Waals surface area contributed by atoms with Crippen LogP contribution >= 0.6 is 11.6 Å². The van der Waals surface area contributed by atoms with Crippen molar-refractivity contribution in [3.05, 3.63) is 90.1 Å². The van der Waals surface area contributed by atoms with Crippen molar-refractivity contribution >= 4 is 17.5 Å². The van der Waals surface area contributed by atoms with Gasteiger partial charge in [0.2, 0.25) is 0 Å². The van der Waals surface area contributed by atoms with Crippen molar-refractivity contribution in [1.29, 1.82) is 0 Å². The molecule has 2 aromatic heterocycles. The topological polar surface area (TPSA) is 64.7 Å². The normalized spacial score (nSPS) is 10.8. The minimum atomic E-state index is -0.174. The van der Waals surface area contributed by atoms with Crippen molar-refractivity contribution < 1.29 is 4.79 Å². The number of halogens is 1. The minimum absolute atomic E-state index is 0.174. The predicted octanol–water partition coefficient (Wildman–Crippen LogP) is 3.82. The van der Waals surface area contributed by atoms with E-state index in [2.05, 4.69) is 15.4 Å². The van der Waals surface area contributed by atoms with Crippen molar-refractivity contribution in [2.24, 2.45) is 0 Å². The van der Waals surface area contributed by atoms with Crippen LogP contribution in [0.3, 0.4) is 0 Å². The van der Waals surface area contributed by atoms with Gasteiger partial charge >= 0.3 is 0 Å². The van der Waals surface area contributed by atoms with Crippen LogP contribution in [0.5, 0.6) is 0 Å². The summed E-state index contributed by atoms with van der Waals surface area (Å²) in [5, 5.41) is 8.25. The molecule has 1 amide bonds. The van der Waals surface area contributed by atoms with Gasteiger partial charge in [-0.2, -0.15) is 5.10 Å². The van der Waals surface area contributed by atoms with Gasteiger partial charge in [0.25, 0.3) is 5.91 Å². The predicted molar refractivity (Wildman–Crippen MR) is 109 cm³/mol. The highest BCUT2D eigenvalue weighted by molar-refractivity contribution is 6.30. The lowest BCUT2D eigenvalue weighted by molar-refractivity contribution is 0.0953. The van der Waals surface area contributed by atoms with Gasteiger partial charge < -0.3 is 9.88 Å². The van der Waals surface area contributed by atoms with Crippen LogP contribution in [0.4, 0.5) is 0 Å². The summed E-state index contributed by atoms with van der Waals surface area (Å²) in [6.45, 7) is 1.14. The van der Waals surface area contributed by atoms with E-state index in [4.69, 9.17) is 11.6 Å². The largest absolute Gasteiger partial charge is 0.350 e. The molecule has 7 heteroatoms. The van der Waals surface area contributed by atoms with E-state index in [0.717, 1.165) is 11.3 Å². The molecular formula is C21H18ClN5O. The number of benzene rings is 2. The molecule has 140 valence electrons. The molecule has 0 saturated carbocycles. The number of hydrogen-bond donors (Lipinski definition) is 1. The van der Waals surface area contributed by atoms with E-state index in [1.165, 1.54) is 0 Å². The first-order valence-electron chi connectivity index (χ1n) is 8.86. The monoisotopic (exact) mass is 391 g/mol. The van der Waals surface area contributed by atoms with E-state index in [9.17, 15) is 4.79 Å². The summed E-state index contributed by atoms with van der Waals surface area (Å²) < 4.78 is 3.63. The lowest BCUT2D eigenvalue weighted by Crippen LogP contribution is -2.27. The van der Waals surface area contributed by atoms with Crippen molar-refractivity contribution in [3.8, 4) is 16.9 Å². The van der Waals surface area contributed by atoms with E-state index in [0.29, 0.717) is 29.4 Å². The van der Waals surface area contributed by atoms with Gasteiger partial charge in [0.05, 0.1) is 17.6 Å². The Morgan fingerprint density at radius 1 is 1.07 bits per heavy atom. The molecule has 0 aliphatic rings. The molecule has 0 bridgehead atoms. The maximum absolute atomic E-state index is 12.9. The SMILES string of the molecule is O=C(NCCn1ccnc1)c1cn(-c2ccccc2)nc1-c1ccc(Cl)cc1. The summed E-state index contributed by atoms with van der Waals surface area (Å²) in [4.78, 5) is 16.9. The van der Waals surface area contributed by atoms with Crippen molar-refractivity contribution in [2.75, 3.05) is 6.54 Å². The smallest absolute Gasteiger partial charge is 0.255 e. The summed E-state index contributed by atoms with van der Waals surface area (Å²) in [5.74, 6) is -0.174. The average molecular weight is 392 g/mol. The summed E-state index contributed by atoms with van der Waals surface area (Å²) in [6.07, 6.45) is 7.05. The number of imidazole rings is 1. The number of carbonyl (C=O) groups is 1. The fourth-order valence-corrected chi connectivity index (χ4v) is 3.01. The highest BCUT2D eigenvalue weighted by atomic mass is 35.5. The molecule has 4 rings (SSSR count). The zero-order chi connectivity index (χ0) is 19.3. The third kappa shape index (κ3) is 3.97. The molecule has 0 aliphatic heterocycles. The van der Waals surface area contributed by atoms with Crippen molar-refractivity contribution in [2.45, 2.75) is 6.54 Å². The second-order valence-corrected chi connectivity index (χ2v) is 6.67. The Kier molecular flexibility index (Phi) is 5.21. The minimum Gasteiger partial charge on any atom is -0.350 e. The number of rotatable bonds is 6. The van der Waals surface area contributed by atoms with Crippen LogP contribution in [-0.4, -0.2) is 31.8 Å². The highest BCUT2D eigenvalue weighted by Gasteiger charge is 2.18. The number of nitrogens with one attached hydrogen (secondary N) is 1. The fourth-order valence-electron chi connectivity index (χ4n) is 2.89. The standard InChI is InChI=1S/C21H18ClN5O/c22-17-8-6-16(7-9-17)20-19(14-27(25-20)18-4-2-1-3-5-18)21(28)24-11-13-26-12-10-23-15-26/h1-10,12,14-15H,11,13H2,(H,24,28). The first-order valence-corrected chi connectivity index (χ1v) is 9.23. The molecule has 0 aliphatic carbocycles. The van der Waals surface area contributed by atoms with Crippen molar-refractivity contribution in [1.82, 2.24) is 24.6 Å². The van der Waals surface area contributed by atoms with E-state index in [1.807, 2.05) is 53.2 Å². The third-order valence-corrected chi connectivity index (χ3v) is 4.56. The molecule has 6 nitrogen and oxygen atoms in total.